The largest absolute Gasteiger partial charge is 0.497 e. The first-order chi connectivity index (χ1) is 10.0. The van der Waals surface area contributed by atoms with Gasteiger partial charge in [0, 0.05) is 0 Å². The van der Waals surface area contributed by atoms with E-state index in [1.165, 1.54) is 7.11 Å². The minimum Gasteiger partial charge on any atom is -0.497 e. The molecule has 0 amide bonds. The smallest absolute Gasteiger partial charge is 0.422 e. The maximum absolute atomic E-state index is 13.0. The number of hydrogen-bond donors (Lipinski definition) is 1. The van der Waals surface area contributed by atoms with Gasteiger partial charge in [0.2, 0.25) is 5.82 Å². The topological polar surface area (TPSA) is 90.4 Å². The summed E-state index contributed by atoms with van der Waals surface area (Å²) < 4.78 is 23.2. The summed E-state index contributed by atoms with van der Waals surface area (Å²) in [6, 6.07) is 6.69. The van der Waals surface area contributed by atoms with Crippen LogP contribution in [0.1, 0.15) is 5.56 Å². The number of halogens is 1. The number of rotatable bonds is 3. The van der Waals surface area contributed by atoms with Gasteiger partial charge in [0.15, 0.2) is 0 Å². The zero-order valence-corrected chi connectivity index (χ0v) is 11.0. The highest BCUT2D eigenvalue weighted by Crippen LogP contribution is 2.12. The van der Waals surface area contributed by atoms with Crippen molar-refractivity contribution in [2.24, 2.45) is 0 Å². The SMILES string of the molecule is COc1ccc(COC(=O)n2cc(F)c(=O)[nH]c2=O)cc1. The Balaban J connectivity index is 2.09. The molecule has 0 bridgehead atoms. The fraction of sp³-hybridized carbons (Fsp3) is 0.154. The van der Waals surface area contributed by atoms with E-state index in [-0.39, 0.29) is 6.61 Å². The summed E-state index contributed by atoms with van der Waals surface area (Å²) >= 11 is 0. The normalized spacial score (nSPS) is 10.2. The molecule has 0 fully saturated rings. The number of benzene rings is 1. The van der Waals surface area contributed by atoms with Gasteiger partial charge in [-0.2, -0.15) is 4.39 Å². The molecule has 110 valence electrons. The molecule has 0 aliphatic carbocycles. The fourth-order valence-electron chi connectivity index (χ4n) is 1.52. The van der Waals surface area contributed by atoms with Gasteiger partial charge in [0.05, 0.1) is 13.3 Å². The van der Waals surface area contributed by atoms with Crippen LogP contribution in [0.5, 0.6) is 5.75 Å². The zero-order chi connectivity index (χ0) is 15.4. The van der Waals surface area contributed by atoms with E-state index >= 15 is 0 Å². The van der Waals surface area contributed by atoms with Crippen LogP contribution in [0.25, 0.3) is 0 Å². The van der Waals surface area contributed by atoms with Gasteiger partial charge in [-0.05, 0) is 17.7 Å². The van der Waals surface area contributed by atoms with E-state index in [9.17, 15) is 18.8 Å². The lowest BCUT2D eigenvalue weighted by Gasteiger charge is -2.07. The van der Waals surface area contributed by atoms with Gasteiger partial charge in [-0.1, -0.05) is 12.1 Å². The molecule has 7 nitrogen and oxygen atoms in total. The quantitative estimate of drug-likeness (QED) is 0.907. The molecular weight excluding hydrogens is 283 g/mol. The maximum atomic E-state index is 13.0. The second kappa shape index (κ2) is 6.04. The Labute approximate surface area is 117 Å². The third kappa shape index (κ3) is 3.35. The van der Waals surface area contributed by atoms with E-state index < -0.39 is 23.2 Å². The lowest BCUT2D eigenvalue weighted by molar-refractivity contribution is 0.139. The Morgan fingerprint density at radius 1 is 1.29 bits per heavy atom. The van der Waals surface area contributed by atoms with E-state index in [1.807, 2.05) is 0 Å². The number of nitrogens with zero attached hydrogens (tertiary/aromatic N) is 1. The van der Waals surface area contributed by atoms with Crippen LogP contribution in [-0.4, -0.2) is 22.8 Å². The minimum atomic E-state index is -1.25. The summed E-state index contributed by atoms with van der Waals surface area (Å²) in [4.78, 5) is 35.5. The van der Waals surface area contributed by atoms with Crippen molar-refractivity contribution in [2.45, 2.75) is 6.61 Å². The Morgan fingerprint density at radius 2 is 1.95 bits per heavy atom. The number of H-pyrrole nitrogens is 1. The lowest BCUT2D eigenvalue weighted by atomic mass is 10.2. The molecule has 21 heavy (non-hydrogen) atoms. The lowest BCUT2D eigenvalue weighted by Crippen LogP contribution is -2.35. The van der Waals surface area contributed by atoms with E-state index in [0.29, 0.717) is 22.1 Å². The van der Waals surface area contributed by atoms with Gasteiger partial charge in [0.1, 0.15) is 12.4 Å². The van der Waals surface area contributed by atoms with Gasteiger partial charge < -0.3 is 9.47 Å². The molecule has 2 rings (SSSR count). The Bertz CT molecular complexity index is 763. The number of hydrogen-bond acceptors (Lipinski definition) is 5. The molecule has 1 heterocycles. The number of nitrogens with one attached hydrogen (secondary N) is 1. The Kier molecular flexibility index (Phi) is 4.17. The van der Waals surface area contributed by atoms with Gasteiger partial charge >= 0.3 is 11.8 Å². The van der Waals surface area contributed by atoms with Gasteiger partial charge in [0.25, 0.3) is 5.56 Å². The molecule has 0 aliphatic heterocycles. The van der Waals surface area contributed by atoms with Crippen molar-refractivity contribution in [2.75, 3.05) is 7.11 Å². The number of aromatic nitrogens is 2. The molecular formula is C13H11FN2O5. The average Bonchev–Trinajstić information content (AvgIpc) is 2.49. The predicted octanol–water partition coefficient (Wildman–Crippen LogP) is 0.869. The van der Waals surface area contributed by atoms with Crippen molar-refractivity contribution in [3.63, 3.8) is 0 Å². The zero-order valence-electron chi connectivity index (χ0n) is 11.0. The molecule has 2 aromatic rings. The average molecular weight is 294 g/mol. The molecule has 0 radical (unpaired) electrons. The summed E-state index contributed by atoms with van der Waals surface area (Å²) in [7, 11) is 1.52. The number of carbonyl (C=O) groups excluding carboxylic acids is 1. The van der Waals surface area contributed by atoms with E-state index in [2.05, 4.69) is 0 Å². The van der Waals surface area contributed by atoms with Crippen molar-refractivity contribution in [3.8, 4) is 5.75 Å². The van der Waals surface area contributed by atoms with E-state index in [4.69, 9.17) is 9.47 Å². The van der Waals surface area contributed by atoms with Crippen LogP contribution in [-0.2, 0) is 11.3 Å². The summed E-state index contributed by atoms with van der Waals surface area (Å²) in [5.41, 5.74) is -1.61. The first-order valence-corrected chi connectivity index (χ1v) is 5.83. The number of ether oxygens (including phenoxy) is 2. The number of methoxy groups -OCH3 is 1. The van der Waals surface area contributed by atoms with Crippen LogP contribution >= 0.6 is 0 Å². The van der Waals surface area contributed by atoms with Crippen LogP contribution in [0.2, 0.25) is 0 Å². The Morgan fingerprint density at radius 3 is 2.57 bits per heavy atom. The molecule has 0 aliphatic rings. The van der Waals surface area contributed by atoms with Gasteiger partial charge in [-0.15, -0.1) is 0 Å². The minimum absolute atomic E-state index is 0.115. The predicted molar refractivity (Wildman–Crippen MR) is 69.9 cm³/mol. The highest BCUT2D eigenvalue weighted by Gasteiger charge is 2.12. The third-order valence-corrected chi connectivity index (χ3v) is 2.62. The third-order valence-electron chi connectivity index (χ3n) is 2.62. The van der Waals surface area contributed by atoms with Crippen molar-refractivity contribution >= 4 is 6.09 Å². The molecule has 1 N–H and O–H groups in total. The van der Waals surface area contributed by atoms with Crippen LogP contribution in [0, 0.1) is 5.82 Å². The van der Waals surface area contributed by atoms with Crippen LogP contribution in [0.3, 0.4) is 0 Å². The standard InChI is InChI=1S/C13H11FN2O5/c1-20-9-4-2-8(3-5-9)7-21-13(19)16-6-10(14)11(17)15-12(16)18/h2-6H,7H2,1H3,(H,15,17,18). The number of aromatic amines is 1. The summed E-state index contributed by atoms with van der Waals surface area (Å²) in [5, 5.41) is 0. The first kappa shape index (κ1) is 14.5. The molecule has 8 heteroatoms. The van der Waals surface area contributed by atoms with E-state index in [0.717, 1.165) is 0 Å². The fourth-order valence-corrected chi connectivity index (χ4v) is 1.52. The highest BCUT2D eigenvalue weighted by molar-refractivity contribution is 5.69. The van der Waals surface area contributed by atoms with Gasteiger partial charge in [-0.3, -0.25) is 9.78 Å². The number of carbonyl (C=O) groups is 1. The second-order valence-electron chi connectivity index (χ2n) is 4.01. The van der Waals surface area contributed by atoms with E-state index in [1.54, 1.807) is 29.2 Å². The maximum Gasteiger partial charge on any atom is 0.422 e. The second-order valence-corrected chi connectivity index (χ2v) is 4.01. The molecule has 1 aromatic heterocycles. The van der Waals surface area contributed by atoms with Crippen molar-refractivity contribution < 1.29 is 18.7 Å². The molecule has 0 spiro atoms. The summed E-state index contributed by atoms with van der Waals surface area (Å²) in [5.74, 6) is -0.611. The van der Waals surface area contributed by atoms with Crippen molar-refractivity contribution in [3.05, 3.63) is 62.7 Å². The molecule has 0 unspecified atom stereocenters. The summed E-state index contributed by atoms with van der Waals surface area (Å²) in [6.45, 7) is -0.115. The Hall–Kier alpha value is -2.90. The first-order valence-electron chi connectivity index (χ1n) is 5.83. The van der Waals surface area contributed by atoms with Gasteiger partial charge in [-0.25, -0.2) is 14.2 Å². The van der Waals surface area contributed by atoms with Crippen LogP contribution in [0.15, 0.2) is 40.1 Å². The summed E-state index contributed by atoms with van der Waals surface area (Å²) in [6.07, 6.45) is -0.608. The molecule has 0 saturated carbocycles. The van der Waals surface area contributed by atoms with Crippen molar-refractivity contribution in [1.29, 1.82) is 0 Å². The van der Waals surface area contributed by atoms with Crippen LogP contribution < -0.4 is 16.0 Å². The molecule has 1 aromatic carbocycles. The molecule has 0 saturated heterocycles. The van der Waals surface area contributed by atoms with Crippen molar-refractivity contribution in [1.82, 2.24) is 9.55 Å². The molecule has 0 atom stereocenters. The van der Waals surface area contributed by atoms with Crippen LogP contribution in [0.4, 0.5) is 9.18 Å². The monoisotopic (exact) mass is 294 g/mol. The highest BCUT2D eigenvalue weighted by atomic mass is 19.1.